The fourth-order valence-electron chi connectivity index (χ4n) is 5.48. The Morgan fingerprint density at radius 1 is 0.945 bits per heavy atom. The largest absolute Gasteiger partial charge is 0.462 e. The van der Waals surface area contributed by atoms with Crippen molar-refractivity contribution in [1.82, 2.24) is 35.1 Å². The summed E-state index contributed by atoms with van der Waals surface area (Å²) in [6.45, 7) is 15.5. The Bertz CT molecular complexity index is 1800. The zero-order valence-corrected chi connectivity index (χ0v) is 35.9. The fraction of sp³-hybridized carbons (Fsp3) is 0.488. The number of imidazole rings is 2. The number of likely N-dealkylation sites (tertiary alicyclic amines) is 1. The van der Waals surface area contributed by atoms with E-state index in [2.05, 4.69) is 109 Å². The Labute approximate surface area is 335 Å². The van der Waals surface area contributed by atoms with E-state index >= 15 is 0 Å². The lowest BCUT2D eigenvalue weighted by Crippen LogP contribution is -2.19. The van der Waals surface area contributed by atoms with Crippen LogP contribution in [0.25, 0.3) is 43.0 Å². The number of nitrogens with zero attached hydrogens (tertiary/aromatic N) is 4. The monoisotopic (exact) mass is 795 g/mol. The molecule has 0 saturated carbocycles. The highest BCUT2D eigenvalue weighted by Crippen LogP contribution is 2.44. The molecule has 1 atom stereocenters. The summed E-state index contributed by atoms with van der Waals surface area (Å²) in [7, 11) is 7.58. The van der Waals surface area contributed by atoms with Crippen LogP contribution in [0.5, 0.6) is 0 Å². The Balaban J connectivity index is 0.000000460. The van der Waals surface area contributed by atoms with Crippen molar-refractivity contribution >= 4 is 51.2 Å². The van der Waals surface area contributed by atoms with Gasteiger partial charge in [-0.25, -0.2) is 9.97 Å². The van der Waals surface area contributed by atoms with Gasteiger partial charge in [0.25, 0.3) is 6.47 Å². The van der Waals surface area contributed by atoms with Gasteiger partial charge >= 0.3 is 0 Å². The molecule has 1 aliphatic rings. The molecule has 0 radical (unpaired) electrons. The first-order chi connectivity index (χ1) is 26.4. The molecule has 0 spiro atoms. The lowest BCUT2D eigenvalue weighted by molar-refractivity contribution is -0.138. The van der Waals surface area contributed by atoms with E-state index in [1.807, 2.05) is 55.8 Å². The average Bonchev–Trinajstić information content (AvgIpc) is 3.98. The molecule has 12 nitrogen and oxygen atoms in total. The van der Waals surface area contributed by atoms with E-state index in [4.69, 9.17) is 4.98 Å². The number of ether oxygens (including phenoxy) is 2. The van der Waals surface area contributed by atoms with Gasteiger partial charge in [-0.15, -0.1) is 22.7 Å². The van der Waals surface area contributed by atoms with Crippen molar-refractivity contribution < 1.29 is 23.9 Å². The van der Waals surface area contributed by atoms with Crippen LogP contribution in [0.4, 0.5) is 0 Å². The topological polar surface area (TPSA) is 146 Å². The van der Waals surface area contributed by atoms with Gasteiger partial charge in [0.2, 0.25) is 6.41 Å². The SMILES string of the molecule is CC(C)(C)OC=O.CCC.CCCN(C)Cc1ncc(-c2ccc(-c3csc4c(-c5cnc(C6CCCN6C)[nH]5)csc34)cc2)[nH]1.COC.O=CCNC=O. The van der Waals surface area contributed by atoms with Crippen molar-refractivity contribution in [2.75, 3.05) is 47.9 Å². The van der Waals surface area contributed by atoms with Crippen molar-refractivity contribution in [2.24, 2.45) is 0 Å². The summed E-state index contributed by atoms with van der Waals surface area (Å²) in [4.78, 5) is 49.4. The molecule has 1 unspecified atom stereocenters. The zero-order chi connectivity index (χ0) is 40.8. The highest BCUT2D eigenvalue weighted by atomic mass is 32.1. The number of hydrogen-bond donors (Lipinski definition) is 3. The van der Waals surface area contributed by atoms with E-state index in [1.165, 1.54) is 45.4 Å². The van der Waals surface area contributed by atoms with E-state index in [1.54, 1.807) is 14.2 Å². The van der Waals surface area contributed by atoms with Crippen LogP contribution in [0, 0.1) is 0 Å². The second-order valence-corrected chi connectivity index (χ2v) is 15.7. The standard InChI is InChI=1S/C28H32N6S2.C5H10O2.C3H5NO2.C3H8.C2H6O/c1-4-11-33(2)15-25-29-13-22(31-25)19-9-7-18(8-10-19)20-16-35-27-21(17-36-26(20)27)23-14-30-28(32-23)24-6-5-12-34(24)3;1-5(2,3)7-4-6;5-2-1-4-3-6;2*1-3-2/h7-10,13-14,16-17,24H,4-6,11-12,15H2,1-3H3,(H,29,31)(H,30,32);4H,1-3H3;2-3H,1H2,(H,4,6);3H2,1-2H3;1-2H3. The summed E-state index contributed by atoms with van der Waals surface area (Å²) < 4.78 is 11.5. The van der Waals surface area contributed by atoms with Crippen LogP contribution in [0.15, 0.2) is 47.4 Å². The molecule has 55 heavy (non-hydrogen) atoms. The van der Waals surface area contributed by atoms with Gasteiger partial charge in [-0.3, -0.25) is 19.4 Å². The van der Waals surface area contributed by atoms with Crippen LogP contribution in [0.2, 0.25) is 0 Å². The van der Waals surface area contributed by atoms with Crippen molar-refractivity contribution in [1.29, 1.82) is 0 Å². The number of aromatic amines is 2. The number of benzene rings is 1. The molecule has 14 heteroatoms. The maximum absolute atomic E-state index is 9.60. The van der Waals surface area contributed by atoms with Crippen molar-refractivity contribution in [3.63, 3.8) is 0 Å². The van der Waals surface area contributed by atoms with E-state index in [-0.39, 0.29) is 12.1 Å². The summed E-state index contributed by atoms with van der Waals surface area (Å²) in [5, 5.41) is 6.71. The number of rotatable bonds is 12. The second-order valence-electron chi connectivity index (χ2n) is 14.0. The molecule has 6 rings (SSSR count). The van der Waals surface area contributed by atoms with Gasteiger partial charge in [-0.1, -0.05) is 51.5 Å². The van der Waals surface area contributed by atoms with Crippen molar-refractivity contribution in [3.8, 4) is 33.6 Å². The molecule has 302 valence electrons. The van der Waals surface area contributed by atoms with Crippen molar-refractivity contribution in [3.05, 3.63) is 59.1 Å². The number of nitrogens with one attached hydrogen (secondary N) is 3. The maximum atomic E-state index is 9.60. The van der Waals surface area contributed by atoms with Crippen LogP contribution >= 0.6 is 22.7 Å². The van der Waals surface area contributed by atoms with Crippen LogP contribution in [-0.4, -0.2) is 102 Å². The number of aldehydes is 1. The molecule has 5 heterocycles. The summed E-state index contributed by atoms with van der Waals surface area (Å²) in [6.07, 6.45) is 9.87. The first kappa shape index (κ1) is 46.9. The molecule has 0 bridgehead atoms. The third-order valence-corrected chi connectivity index (χ3v) is 10.0. The number of carbonyl (C=O) groups excluding carboxylic acids is 3. The molecule has 1 aromatic carbocycles. The van der Waals surface area contributed by atoms with Gasteiger partial charge in [0.15, 0.2) is 0 Å². The lowest BCUT2D eigenvalue weighted by Gasteiger charge is -2.16. The molecule has 1 amide bonds. The third kappa shape index (κ3) is 15.5. The molecule has 1 fully saturated rings. The molecule has 5 aromatic rings. The summed E-state index contributed by atoms with van der Waals surface area (Å²) >= 11 is 3.65. The first-order valence-corrected chi connectivity index (χ1v) is 20.4. The van der Waals surface area contributed by atoms with E-state index < -0.39 is 0 Å². The Morgan fingerprint density at radius 2 is 1.55 bits per heavy atom. The average molecular weight is 796 g/mol. The number of amides is 1. The van der Waals surface area contributed by atoms with Crippen molar-refractivity contribution in [2.45, 2.75) is 85.4 Å². The van der Waals surface area contributed by atoms with Crippen LogP contribution in [0.1, 0.15) is 84.9 Å². The minimum absolute atomic E-state index is 0.115. The highest BCUT2D eigenvalue weighted by molar-refractivity contribution is 7.27. The molecule has 1 aliphatic heterocycles. The van der Waals surface area contributed by atoms with Gasteiger partial charge in [-0.05, 0) is 78.3 Å². The number of thiophene rings is 2. The Kier molecular flexibility index (Phi) is 21.4. The minimum atomic E-state index is -0.318. The number of H-pyrrole nitrogens is 2. The molecule has 4 aromatic heterocycles. The fourth-order valence-corrected chi connectivity index (χ4v) is 7.92. The number of methoxy groups -OCH3 is 1. The van der Waals surface area contributed by atoms with E-state index in [9.17, 15) is 14.4 Å². The lowest BCUT2D eigenvalue weighted by atomic mass is 10.0. The number of aromatic nitrogens is 4. The Morgan fingerprint density at radius 3 is 2.05 bits per heavy atom. The van der Waals surface area contributed by atoms with Gasteiger partial charge in [-0.2, -0.15) is 0 Å². The van der Waals surface area contributed by atoms with Gasteiger partial charge in [0.05, 0.1) is 52.3 Å². The third-order valence-electron chi connectivity index (χ3n) is 7.85. The quantitative estimate of drug-likeness (QED) is 0.0835. The zero-order valence-electron chi connectivity index (χ0n) is 34.2. The maximum Gasteiger partial charge on any atom is 0.293 e. The van der Waals surface area contributed by atoms with Crippen LogP contribution in [0.3, 0.4) is 0 Å². The molecule has 3 N–H and O–H groups in total. The predicted molar refractivity (Wildman–Crippen MR) is 227 cm³/mol. The minimum Gasteiger partial charge on any atom is -0.462 e. The normalized spacial score (nSPS) is 13.6. The van der Waals surface area contributed by atoms with Crippen LogP contribution < -0.4 is 5.32 Å². The predicted octanol–water partition coefficient (Wildman–Crippen LogP) is 8.59. The molecular formula is C41H61N7O5S2. The van der Waals surface area contributed by atoms with Crippen LogP contribution in [-0.2, 0) is 30.4 Å². The highest BCUT2D eigenvalue weighted by Gasteiger charge is 2.25. The number of fused-ring (bicyclic) bond motifs is 1. The molecule has 0 aliphatic carbocycles. The van der Waals surface area contributed by atoms with Gasteiger partial charge in [0, 0.05) is 36.1 Å². The summed E-state index contributed by atoms with van der Waals surface area (Å²) in [5.74, 6) is 2.10. The van der Waals surface area contributed by atoms with E-state index in [0.717, 1.165) is 54.7 Å². The van der Waals surface area contributed by atoms with Gasteiger partial charge in [0.1, 0.15) is 23.5 Å². The summed E-state index contributed by atoms with van der Waals surface area (Å²) in [5.41, 5.74) is 6.86. The molecular weight excluding hydrogens is 735 g/mol. The Hall–Kier alpha value is -4.21. The second kappa shape index (κ2) is 25.0. The number of carbonyl (C=O) groups is 3. The smallest absolute Gasteiger partial charge is 0.293 e. The number of hydrogen-bond acceptors (Lipinski definition) is 11. The summed E-state index contributed by atoms with van der Waals surface area (Å²) in [6, 6.07) is 9.25. The van der Waals surface area contributed by atoms with E-state index in [0.29, 0.717) is 25.2 Å². The van der Waals surface area contributed by atoms with Gasteiger partial charge < -0.3 is 29.6 Å². The molecule has 1 saturated heterocycles. The first-order valence-electron chi connectivity index (χ1n) is 18.6.